The third kappa shape index (κ3) is 2.93. The maximum Gasteiger partial charge on any atom is 0.434 e. The summed E-state index contributed by atoms with van der Waals surface area (Å²) in [7, 11) is 1.50. The van der Waals surface area contributed by atoms with Crippen molar-refractivity contribution in [3.63, 3.8) is 0 Å². The molecular formula is C13H13F3N2O2. The standard InChI is InChI=1S/C13H13F3N2O2/c1-20-10-4-2-9(3-5-10)12-17-11(13(14,15)16)8-18(12)6-7-19/h2-5,8,19H,6-7H2,1H3. The van der Waals surface area contributed by atoms with Gasteiger partial charge in [0.15, 0.2) is 5.69 Å². The van der Waals surface area contributed by atoms with Crippen LogP contribution in [-0.2, 0) is 12.7 Å². The van der Waals surface area contributed by atoms with Crippen molar-refractivity contribution in [1.82, 2.24) is 9.55 Å². The second-order valence-electron chi connectivity index (χ2n) is 4.09. The van der Waals surface area contributed by atoms with Gasteiger partial charge in [0.05, 0.1) is 13.7 Å². The maximum absolute atomic E-state index is 12.7. The van der Waals surface area contributed by atoms with E-state index in [0.29, 0.717) is 11.3 Å². The van der Waals surface area contributed by atoms with Gasteiger partial charge in [-0.3, -0.25) is 0 Å². The number of rotatable bonds is 4. The third-order valence-corrected chi connectivity index (χ3v) is 2.76. The summed E-state index contributed by atoms with van der Waals surface area (Å²) in [5, 5.41) is 8.94. The quantitative estimate of drug-likeness (QED) is 0.939. The lowest BCUT2D eigenvalue weighted by atomic mass is 10.2. The highest BCUT2D eigenvalue weighted by Crippen LogP contribution is 2.31. The zero-order valence-electron chi connectivity index (χ0n) is 10.7. The van der Waals surface area contributed by atoms with Gasteiger partial charge in [0.1, 0.15) is 11.6 Å². The van der Waals surface area contributed by atoms with Crippen LogP contribution in [0.25, 0.3) is 11.4 Å². The summed E-state index contributed by atoms with van der Waals surface area (Å²) in [5.41, 5.74) is -0.452. The average Bonchev–Trinajstić information content (AvgIpc) is 2.83. The molecule has 1 aromatic carbocycles. The SMILES string of the molecule is COc1ccc(-c2nc(C(F)(F)F)cn2CCO)cc1. The third-order valence-electron chi connectivity index (χ3n) is 2.76. The van der Waals surface area contributed by atoms with Crippen molar-refractivity contribution in [3.05, 3.63) is 36.2 Å². The highest BCUT2D eigenvalue weighted by Gasteiger charge is 2.34. The molecule has 2 aromatic rings. The molecule has 0 fully saturated rings. The Labute approximate surface area is 113 Å². The van der Waals surface area contributed by atoms with E-state index in [2.05, 4.69) is 4.98 Å². The average molecular weight is 286 g/mol. The fraction of sp³-hybridized carbons (Fsp3) is 0.308. The van der Waals surface area contributed by atoms with E-state index >= 15 is 0 Å². The molecule has 0 spiro atoms. The van der Waals surface area contributed by atoms with E-state index in [-0.39, 0.29) is 19.0 Å². The fourth-order valence-corrected chi connectivity index (χ4v) is 1.80. The number of imidazole rings is 1. The van der Waals surface area contributed by atoms with Crippen LogP contribution in [-0.4, -0.2) is 28.4 Å². The number of ether oxygens (including phenoxy) is 1. The Morgan fingerprint density at radius 1 is 1.25 bits per heavy atom. The van der Waals surface area contributed by atoms with Crippen LogP contribution in [0.15, 0.2) is 30.5 Å². The molecule has 0 aliphatic carbocycles. The lowest BCUT2D eigenvalue weighted by Crippen LogP contribution is -2.05. The number of hydrogen-bond acceptors (Lipinski definition) is 3. The van der Waals surface area contributed by atoms with Crippen molar-refractivity contribution in [3.8, 4) is 17.1 Å². The maximum atomic E-state index is 12.7. The molecule has 7 heteroatoms. The summed E-state index contributed by atoms with van der Waals surface area (Å²) in [6.45, 7) is -0.221. The summed E-state index contributed by atoms with van der Waals surface area (Å²) in [6, 6.07) is 6.52. The van der Waals surface area contributed by atoms with Gasteiger partial charge in [-0.05, 0) is 24.3 Å². The summed E-state index contributed by atoms with van der Waals surface area (Å²) in [6.07, 6.45) is -3.61. The van der Waals surface area contributed by atoms with Crippen molar-refractivity contribution >= 4 is 0 Å². The number of hydrogen-bond donors (Lipinski definition) is 1. The molecule has 0 radical (unpaired) electrons. The van der Waals surface area contributed by atoms with E-state index in [4.69, 9.17) is 9.84 Å². The normalized spacial score (nSPS) is 11.7. The zero-order chi connectivity index (χ0) is 14.8. The molecule has 0 saturated heterocycles. The largest absolute Gasteiger partial charge is 0.497 e. The van der Waals surface area contributed by atoms with Gasteiger partial charge in [-0.25, -0.2) is 4.98 Å². The predicted molar refractivity (Wildman–Crippen MR) is 66.3 cm³/mol. The van der Waals surface area contributed by atoms with Crippen LogP contribution in [0.4, 0.5) is 13.2 Å². The summed E-state index contributed by atoms with van der Waals surface area (Å²) in [4.78, 5) is 3.61. The molecule has 1 N–H and O–H groups in total. The Hall–Kier alpha value is -2.02. The summed E-state index contributed by atoms with van der Waals surface area (Å²) < 4.78 is 44.4. The number of aliphatic hydroxyl groups is 1. The molecule has 1 heterocycles. The number of halogens is 3. The van der Waals surface area contributed by atoms with Crippen molar-refractivity contribution in [1.29, 1.82) is 0 Å². The molecule has 0 atom stereocenters. The van der Waals surface area contributed by atoms with Crippen LogP contribution in [0.5, 0.6) is 5.75 Å². The van der Waals surface area contributed by atoms with Crippen molar-refractivity contribution in [2.75, 3.05) is 13.7 Å². The van der Waals surface area contributed by atoms with E-state index in [9.17, 15) is 13.2 Å². The molecule has 0 amide bonds. The smallest absolute Gasteiger partial charge is 0.434 e. The van der Waals surface area contributed by atoms with Gasteiger partial charge in [0, 0.05) is 18.3 Å². The predicted octanol–water partition coefficient (Wildman–Crippen LogP) is 2.57. The Kier molecular flexibility index (Phi) is 3.99. The van der Waals surface area contributed by atoms with Crippen LogP contribution in [0.1, 0.15) is 5.69 Å². The number of alkyl halides is 3. The molecule has 0 aliphatic heterocycles. The van der Waals surface area contributed by atoms with Gasteiger partial charge in [-0.15, -0.1) is 0 Å². The Morgan fingerprint density at radius 3 is 2.40 bits per heavy atom. The topological polar surface area (TPSA) is 47.3 Å². The number of nitrogens with zero attached hydrogens (tertiary/aromatic N) is 2. The molecule has 0 saturated carbocycles. The molecule has 0 aliphatic rings. The minimum atomic E-state index is -4.51. The lowest BCUT2D eigenvalue weighted by molar-refractivity contribution is -0.140. The minimum Gasteiger partial charge on any atom is -0.497 e. The first-order valence-corrected chi connectivity index (χ1v) is 5.85. The number of aliphatic hydroxyl groups excluding tert-OH is 1. The van der Waals surface area contributed by atoms with E-state index in [1.165, 1.54) is 11.7 Å². The van der Waals surface area contributed by atoms with Crippen molar-refractivity contribution < 1.29 is 23.0 Å². The molecule has 108 valence electrons. The van der Waals surface area contributed by atoms with Gasteiger partial charge in [0.25, 0.3) is 0 Å². The monoisotopic (exact) mass is 286 g/mol. The Balaban J connectivity index is 2.44. The summed E-state index contributed by atoms with van der Waals surface area (Å²) >= 11 is 0. The van der Waals surface area contributed by atoms with Gasteiger partial charge in [-0.2, -0.15) is 13.2 Å². The second kappa shape index (κ2) is 5.54. The molecule has 0 unspecified atom stereocenters. The first-order valence-electron chi connectivity index (χ1n) is 5.85. The van der Waals surface area contributed by atoms with Gasteiger partial charge >= 0.3 is 6.18 Å². The molecular weight excluding hydrogens is 273 g/mol. The van der Waals surface area contributed by atoms with Crippen molar-refractivity contribution in [2.45, 2.75) is 12.7 Å². The van der Waals surface area contributed by atoms with Gasteiger partial charge < -0.3 is 14.4 Å². The molecule has 2 rings (SSSR count). The first-order chi connectivity index (χ1) is 9.45. The number of aromatic nitrogens is 2. The number of benzene rings is 1. The van der Waals surface area contributed by atoms with Crippen LogP contribution in [0.3, 0.4) is 0 Å². The number of methoxy groups -OCH3 is 1. The van der Waals surface area contributed by atoms with E-state index in [1.807, 2.05) is 0 Å². The second-order valence-corrected chi connectivity index (χ2v) is 4.09. The van der Waals surface area contributed by atoms with Crippen molar-refractivity contribution in [2.24, 2.45) is 0 Å². The lowest BCUT2D eigenvalue weighted by Gasteiger charge is -2.06. The summed E-state index contributed by atoms with van der Waals surface area (Å²) in [5.74, 6) is 0.763. The minimum absolute atomic E-state index is 0.0461. The zero-order valence-corrected chi connectivity index (χ0v) is 10.7. The molecule has 1 aromatic heterocycles. The first kappa shape index (κ1) is 14.4. The van der Waals surface area contributed by atoms with Crippen LogP contribution in [0.2, 0.25) is 0 Å². The van der Waals surface area contributed by atoms with Gasteiger partial charge in [0.2, 0.25) is 0 Å². The highest BCUT2D eigenvalue weighted by molar-refractivity contribution is 5.57. The molecule has 20 heavy (non-hydrogen) atoms. The van der Waals surface area contributed by atoms with E-state index in [0.717, 1.165) is 6.20 Å². The Bertz CT molecular complexity index is 576. The van der Waals surface area contributed by atoms with E-state index in [1.54, 1.807) is 24.3 Å². The Morgan fingerprint density at radius 2 is 1.90 bits per heavy atom. The molecule has 0 bridgehead atoms. The van der Waals surface area contributed by atoms with Crippen LogP contribution in [0, 0.1) is 0 Å². The fourth-order valence-electron chi connectivity index (χ4n) is 1.80. The van der Waals surface area contributed by atoms with Crippen LogP contribution >= 0.6 is 0 Å². The van der Waals surface area contributed by atoms with Crippen LogP contribution < -0.4 is 4.74 Å². The van der Waals surface area contributed by atoms with Gasteiger partial charge in [-0.1, -0.05) is 0 Å². The molecule has 4 nitrogen and oxygen atoms in total. The van der Waals surface area contributed by atoms with E-state index < -0.39 is 11.9 Å². The highest BCUT2D eigenvalue weighted by atomic mass is 19.4.